The van der Waals surface area contributed by atoms with Crippen molar-refractivity contribution >= 4 is 0 Å². The summed E-state index contributed by atoms with van der Waals surface area (Å²) in [5.74, 6) is 3.06. The van der Waals surface area contributed by atoms with Crippen molar-refractivity contribution in [3.63, 3.8) is 0 Å². The van der Waals surface area contributed by atoms with E-state index in [0.717, 1.165) is 35.9 Å². The molecule has 3 aromatic rings. The molecule has 1 aliphatic heterocycles. The molecule has 0 atom stereocenters. The summed E-state index contributed by atoms with van der Waals surface area (Å²) in [6, 6.07) is 12.3. The van der Waals surface area contributed by atoms with Gasteiger partial charge in [0.05, 0.1) is 19.4 Å². The molecule has 0 fully saturated rings. The highest BCUT2D eigenvalue weighted by molar-refractivity contribution is 5.62. The summed E-state index contributed by atoms with van der Waals surface area (Å²) in [6.45, 7) is 2.45. The second-order valence-electron chi connectivity index (χ2n) is 5.56. The Morgan fingerprint density at radius 1 is 1.09 bits per heavy atom. The Kier molecular flexibility index (Phi) is 3.48. The molecule has 3 heterocycles. The minimum atomic E-state index is 0.690. The van der Waals surface area contributed by atoms with Crippen molar-refractivity contribution in [2.45, 2.75) is 32.5 Å². The van der Waals surface area contributed by atoms with Crippen molar-refractivity contribution in [2.75, 3.05) is 0 Å². The number of benzene rings is 1. The predicted octanol–water partition coefficient (Wildman–Crippen LogP) is 2.77. The molecular formula is C17H18N4O. The van der Waals surface area contributed by atoms with Gasteiger partial charge in [-0.05, 0) is 18.1 Å². The van der Waals surface area contributed by atoms with E-state index in [1.54, 1.807) is 6.26 Å². The number of furan rings is 1. The Bertz CT molecular complexity index is 760. The van der Waals surface area contributed by atoms with Crippen LogP contribution >= 0.6 is 0 Å². The summed E-state index contributed by atoms with van der Waals surface area (Å²) in [6.07, 6.45) is 4.03. The largest absolute Gasteiger partial charge is 0.467 e. The molecule has 0 radical (unpaired) electrons. The summed E-state index contributed by atoms with van der Waals surface area (Å²) < 4.78 is 7.84. The summed E-state index contributed by atoms with van der Waals surface area (Å²) in [7, 11) is 0. The van der Waals surface area contributed by atoms with Gasteiger partial charge in [0.15, 0.2) is 0 Å². The summed E-state index contributed by atoms with van der Waals surface area (Å²) in [4.78, 5) is 0. The van der Waals surface area contributed by atoms with Crippen LogP contribution in [0, 0.1) is 0 Å². The molecule has 0 saturated heterocycles. The number of hydrogen-bond donors (Lipinski definition) is 1. The summed E-state index contributed by atoms with van der Waals surface area (Å²) in [5.41, 5.74) is 2.29. The first-order valence-corrected chi connectivity index (χ1v) is 7.64. The SMILES string of the molecule is c1ccc(-c2coc(CNCc3nnc4n3CCC4)c2)cc1. The normalized spacial score (nSPS) is 13.5. The van der Waals surface area contributed by atoms with Gasteiger partial charge in [-0.15, -0.1) is 10.2 Å². The number of aryl methyl sites for hydroxylation is 1. The van der Waals surface area contributed by atoms with Crippen LogP contribution in [0.15, 0.2) is 47.1 Å². The van der Waals surface area contributed by atoms with Crippen LogP contribution in [0.1, 0.15) is 23.8 Å². The molecule has 0 aliphatic carbocycles. The molecule has 1 aliphatic rings. The molecule has 0 amide bonds. The molecule has 0 unspecified atom stereocenters. The maximum atomic E-state index is 5.63. The summed E-state index contributed by atoms with van der Waals surface area (Å²) in [5, 5.41) is 11.8. The zero-order valence-electron chi connectivity index (χ0n) is 12.3. The van der Waals surface area contributed by atoms with E-state index in [1.165, 1.54) is 12.0 Å². The van der Waals surface area contributed by atoms with E-state index >= 15 is 0 Å². The third-order valence-corrected chi connectivity index (χ3v) is 4.03. The van der Waals surface area contributed by atoms with Crippen molar-refractivity contribution in [1.29, 1.82) is 0 Å². The zero-order chi connectivity index (χ0) is 14.8. The third kappa shape index (κ3) is 2.55. The number of fused-ring (bicyclic) bond motifs is 1. The number of aromatic nitrogens is 3. The molecule has 4 rings (SSSR count). The lowest BCUT2D eigenvalue weighted by Gasteiger charge is -2.03. The van der Waals surface area contributed by atoms with Gasteiger partial charge in [0.25, 0.3) is 0 Å². The van der Waals surface area contributed by atoms with E-state index in [-0.39, 0.29) is 0 Å². The number of rotatable bonds is 5. The monoisotopic (exact) mass is 294 g/mol. The van der Waals surface area contributed by atoms with Gasteiger partial charge >= 0.3 is 0 Å². The van der Waals surface area contributed by atoms with E-state index in [4.69, 9.17) is 4.42 Å². The average molecular weight is 294 g/mol. The van der Waals surface area contributed by atoms with Crippen LogP contribution in [0.2, 0.25) is 0 Å². The third-order valence-electron chi connectivity index (χ3n) is 4.03. The molecule has 1 N–H and O–H groups in total. The maximum absolute atomic E-state index is 5.63. The molecule has 5 heteroatoms. The Hall–Kier alpha value is -2.40. The van der Waals surface area contributed by atoms with Crippen molar-refractivity contribution in [1.82, 2.24) is 20.1 Å². The minimum Gasteiger partial charge on any atom is -0.467 e. The van der Waals surface area contributed by atoms with Gasteiger partial charge in [-0.2, -0.15) is 0 Å². The van der Waals surface area contributed by atoms with Crippen LogP contribution in [0.3, 0.4) is 0 Å². The second-order valence-corrected chi connectivity index (χ2v) is 5.56. The lowest BCUT2D eigenvalue weighted by atomic mass is 10.1. The van der Waals surface area contributed by atoms with Crippen LogP contribution in [-0.2, 0) is 26.1 Å². The van der Waals surface area contributed by atoms with Gasteiger partial charge in [0.1, 0.15) is 17.4 Å². The highest BCUT2D eigenvalue weighted by atomic mass is 16.3. The van der Waals surface area contributed by atoms with Crippen molar-refractivity contribution < 1.29 is 4.42 Å². The van der Waals surface area contributed by atoms with Crippen molar-refractivity contribution in [3.05, 3.63) is 60.1 Å². The fourth-order valence-electron chi connectivity index (χ4n) is 2.89. The van der Waals surface area contributed by atoms with Crippen LogP contribution < -0.4 is 5.32 Å². The predicted molar refractivity (Wildman–Crippen MR) is 83.0 cm³/mol. The molecule has 0 spiro atoms. The average Bonchev–Trinajstić information content (AvgIpc) is 3.26. The highest BCUT2D eigenvalue weighted by Gasteiger charge is 2.16. The fourth-order valence-corrected chi connectivity index (χ4v) is 2.89. The Morgan fingerprint density at radius 3 is 2.91 bits per heavy atom. The van der Waals surface area contributed by atoms with Gasteiger partial charge < -0.3 is 14.3 Å². The fraction of sp³-hybridized carbons (Fsp3) is 0.294. The Balaban J connectivity index is 1.37. The van der Waals surface area contributed by atoms with Crippen LogP contribution in [0.5, 0.6) is 0 Å². The van der Waals surface area contributed by atoms with Gasteiger partial charge in [0.2, 0.25) is 0 Å². The number of hydrogen-bond acceptors (Lipinski definition) is 4. The van der Waals surface area contributed by atoms with E-state index < -0.39 is 0 Å². The highest BCUT2D eigenvalue weighted by Crippen LogP contribution is 2.21. The van der Waals surface area contributed by atoms with Crippen molar-refractivity contribution in [3.8, 4) is 11.1 Å². The van der Waals surface area contributed by atoms with Crippen LogP contribution in [0.25, 0.3) is 11.1 Å². The van der Waals surface area contributed by atoms with Crippen molar-refractivity contribution in [2.24, 2.45) is 0 Å². The Labute approximate surface area is 129 Å². The lowest BCUT2D eigenvalue weighted by Crippen LogP contribution is -2.16. The van der Waals surface area contributed by atoms with Gasteiger partial charge in [-0.25, -0.2) is 0 Å². The van der Waals surface area contributed by atoms with Crippen LogP contribution in [0.4, 0.5) is 0 Å². The maximum Gasteiger partial charge on any atom is 0.147 e. The van der Waals surface area contributed by atoms with E-state index in [2.05, 4.69) is 38.3 Å². The number of nitrogens with one attached hydrogen (secondary N) is 1. The first-order chi connectivity index (χ1) is 10.9. The quantitative estimate of drug-likeness (QED) is 0.786. The number of nitrogens with zero attached hydrogens (tertiary/aromatic N) is 3. The molecule has 5 nitrogen and oxygen atoms in total. The van der Waals surface area contributed by atoms with E-state index in [9.17, 15) is 0 Å². The molecule has 112 valence electrons. The molecule has 0 bridgehead atoms. The zero-order valence-corrected chi connectivity index (χ0v) is 12.3. The molecule has 22 heavy (non-hydrogen) atoms. The molecule has 2 aromatic heterocycles. The lowest BCUT2D eigenvalue weighted by molar-refractivity contribution is 0.477. The van der Waals surface area contributed by atoms with Crippen LogP contribution in [-0.4, -0.2) is 14.8 Å². The topological polar surface area (TPSA) is 55.9 Å². The molecular weight excluding hydrogens is 276 g/mol. The van der Waals surface area contributed by atoms with E-state index in [1.807, 2.05) is 18.2 Å². The van der Waals surface area contributed by atoms with Gasteiger partial charge in [-0.3, -0.25) is 0 Å². The standard InChI is InChI=1S/C17H18N4O/c1-2-5-13(6-3-1)14-9-15(22-12-14)10-18-11-17-20-19-16-7-4-8-21(16)17/h1-3,5-6,9,12,18H,4,7-8,10-11H2. The summed E-state index contributed by atoms with van der Waals surface area (Å²) >= 11 is 0. The molecule has 0 saturated carbocycles. The Morgan fingerprint density at radius 2 is 2.00 bits per heavy atom. The minimum absolute atomic E-state index is 0.690. The first-order valence-electron chi connectivity index (χ1n) is 7.64. The second kappa shape index (κ2) is 5.77. The smallest absolute Gasteiger partial charge is 0.147 e. The first kappa shape index (κ1) is 13.3. The van der Waals surface area contributed by atoms with E-state index in [0.29, 0.717) is 13.1 Å². The molecule has 1 aromatic carbocycles. The van der Waals surface area contributed by atoms with Gasteiger partial charge in [0, 0.05) is 18.5 Å². The van der Waals surface area contributed by atoms with Gasteiger partial charge in [-0.1, -0.05) is 30.3 Å².